The fraction of sp³-hybridized carbons (Fsp3) is 0.385. The van der Waals surface area contributed by atoms with Crippen LogP contribution in [0.4, 0.5) is 5.69 Å². The molecule has 0 aliphatic heterocycles. The number of carboxylic acid groups (broad SMARTS) is 1. The first-order chi connectivity index (χ1) is 8.49. The third-order valence-electron chi connectivity index (χ3n) is 2.64. The fourth-order valence-electron chi connectivity index (χ4n) is 1.61. The number of carboxylic acids is 1. The largest absolute Gasteiger partial charge is 0.495 e. The lowest BCUT2D eigenvalue weighted by molar-refractivity contribution is -0.145. The van der Waals surface area contributed by atoms with E-state index in [0.717, 1.165) is 5.56 Å². The highest BCUT2D eigenvalue weighted by Gasteiger charge is 2.24. The number of hydrogen-bond acceptors (Lipinski definition) is 3. The van der Waals surface area contributed by atoms with Crippen LogP contribution in [0, 0.1) is 12.8 Å². The van der Waals surface area contributed by atoms with E-state index in [0.29, 0.717) is 11.4 Å². The van der Waals surface area contributed by atoms with Crippen LogP contribution in [0.25, 0.3) is 0 Å². The maximum absolute atomic E-state index is 11.8. The molecule has 1 unspecified atom stereocenters. The van der Waals surface area contributed by atoms with E-state index < -0.39 is 17.8 Å². The van der Waals surface area contributed by atoms with E-state index >= 15 is 0 Å². The summed E-state index contributed by atoms with van der Waals surface area (Å²) in [6, 6.07) is 5.32. The second-order valence-corrected chi connectivity index (χ2v) is 3.99. The van der Waals surface area contributed by atoms with E-state index in [1.54, 1.807) is 19.1 Å². The van der Waals surface area contributed by atoms with Crippen molar-refractivity contribution in [1.29, 1.82) is 0 Å². The molecule has 1 rings (SSSR count). The lowest BCUT2D eigenvalue weighted by atomic mass is 10.1. The van der Waals surface area contributed by atoms with Gasteiger partial charge in [-0.25, -0.2) is 0 Å². The summed E-state index contributed by atoms with van der Waals surface area (Å²) >= 11 is 0. The Morgan fingerprint density at radius 3 is 2.61 bits per heavy atom. The molecule has 5 heteroatoms. The van der Waals surface area contributed by atoms with Gasteiger partial charge in [0.05, 0.1) is 12.8 Å². The maximum atomic E-state index is 11.8. The van der Waals surface area contributed by atoms with E-state index in [9.17, 15) is 9.59 Å². The number of aliphatic carboxylic acids is 1. The molecular weight excluding hydrogens is 234 g/mol. The standard InChI is InChI=1S/C13H17NO4/c1-4-9(13(16)17)12(15)14-10-7-8(2)5-6-11(10)18-3/h5-7,9H,4H2,1-3H3,(H,14,15)(H,16,17). The Morgan fingerprint density at radius 1 is 1.44 bits per heavy atom. The predicted octanol–water partition coefficient (Wildman–Crippen LogP) is 2.05. The number of carbonyl (C=O) groups excluding carboxylic acids is 1. The van der Waals surface area contributed by atoms with Crippen molar-refractivity contribution in [2.75, 3.05) is 12.4 Å². The van der Waals surface area contributed by atoms with Crippen molar-refractivity contribution >= 4 is 17.6 Å². The highest BCUT2D eigenvalue weighted by molar-refractivity contribution is 6.04. The Hall–Kier alpha value is -2.04. The number of carbonyl (C=O) groups is 2. The van der Waals surface area contributed by atoms with Crippen LogP contribution in [0.3, 0.4) is 0 Å². The van der Waals surface area contributed by atoms with E-state index in [1.165, 1.54) is 7.11 Å². The number of ether oxygens (including phenoxy) is 1. The average Bonchev–Trinajstić information content (AvgIpc) is 2.29. The summed E-state index contributed by atoms with van der Waals surface area (Å²) in [4.78, 5) is 22.7. The molecule has 0 heterocycles. The Balaban J connectivity index is 2.93. The fourth-order valence-corrected chi connectivity index (χ4v) is 1.61. The van der Waals surface area contributed by atoms with Crippen LogP contribution < -0.4 is 10.1 Å². The van der Waals surface area contributed by atoms with E-state index in [4.69, 9.17) is 9.84 Å². The molecule has 18 heavy (non-hydrogen) atoms. The van der Waals surface area contributed by atoms with Gasteiger partial charge >= 0.3 is 5.97 Å². The van der Waals surface area contributed by atoms with Crippen LogP contribution in [0.1, 0.15) is 18.9 Å². The Morgan fingerprint density at radius 2 is 2.11 bits per heavy atom. The van der Waals surface area contributed by atoms with Gasteiger partial charge in [-0.15, -0.1) is 0 Å². The van der Waals surface area contributed by atoms with Crippen LogP contribution in [0.15, 0.2) is 18.2 Å². The van der Waals surface area contributed by atoms with Crippen molar-refractivity contribution in [1.82, 2.24) is 0 Å². The normalized spacial score (nSPS) is 11.7. The third kappa shape index (κ3) is 3.23. The Kier molecular flexibility index (Phi) is 4.71. The maximum Gasteiger partial charge on any atom is 0.316 e. The number of rotatable bonds is 5. The topological polar surface area (TPSA) is 75.6 Å². The monoisotopic (exact) mass is 251 g/mol. The molecule has 0 saturated heterocycles. The number of nitrogens with one attached hydrogen (secondary N) is 1. The van der Waals surface area contributed by atoms with Crippen LogP contribution in [-0.2, 0) is 9.59 Å². The zero-order valence-corrected chi connectivity index (χ0v) is 10.7. The van der Waals surface area contributed by atoms with E-state index in [-0.39, 0.29) is 6.42 Å². The minimum atomic E-state index is -1.12. The van der Waals surface area contributed by atoms with Gasteiger partial charge in [-0.05, 0) is 31.0 Å². The molecule has 98 valence electrons. The quantitative estimate of drug-likeness (QED) is 0.785. The summed E-state index contributed by atoms with van der Waals surface area (Å²) in [5.41, 5.74) is 1.44. The van der Waals surface area contributed by atoms with Crippen LogP contribution in [0.5, 0.6) is 5.75 Å². The van der Waals surface area contributed by atoms with Crippen molar-refractivity contribution in [3.8, 4) is 5.75 Å². The number of hydrogen-bond donors (Lipinski definition) is 2. The van der Waals surface area contributed by atoms with Gasteiger partial charge < -0.3 is 15.2 Å². The first-order valence-electron chi connectivity index (χ1n) is 5.67. The summed E-state index contributed by atoms with van der Waals surface area (Å²) in [5.74, 6) is -2.19. The molecule has 0 aromatic heterocycles. The van der Waals surface area contributed by atoms with Crippen molar-refractivity contribution in [2.45, 2.75) is 20.3 Å². The van der Waals surface area contributed by atoms with Crippen molar-refractivity contribution in [2.24, 2.45) is 5.92 Å². The molecular formula is C13H17NO4. The molecule has 1 amide bonds. The first-order valence-corrected chi connectivity index (χ1v) is 5.67. The molecule has 2 N–H and O–H groups in total. The van der Waals surface area contributed by atoms with Crippen molar-refractivity contribution in [3.05, 3.63) is 23.8 Å². The summed E-state index contributed by atoms with van der Waals surface area (Å²) in [6.07, 6.45) is 0.245. The Bertz CT molecular complexity index is 456. The summed E-state index contributed by atoms with van der Waals surface area (Å²) < 4.78 is 5.11. The highest BCUT2D eigenvalue weighted by Crippen LogP contribution is 2.25. The summed E-state index contributed by atoms with van der Waals surface area (Å²) in [7, 11) is 1.49. The molecule has 0 spiro atoms. The highest BCUT2D eigenvalue weighted by atomic mass is 16.5. The van der Waals surface area contributed by atoms with Crippen molar-refractivity contribution < 1.29 is 19.4 Å². The molecule has 1 atom stereocenters. The van der Waals surface area contributed by atoms with E-state index in [1.807, 2.05) is 13.0 Å². The van der Waals surface area contributed by atoms with Gasteiger partial charge in [0.2, 0.25) is 5.91 Å². The lowest BCUT2D eigenvalue weighted by Crippen LogP contribution is -2.29. The lowest BCUT2D eigenvalue weighted by Gasteiger charge is -2.14. The first kappa shape index (κ1) is 14.0. The van der Waals surface area contributed by atoms with Gasteiger partial charge in [-0.1, -0.05) is 13.0 Å². The molecule has 5 nitrogen and oxygen atoms in total. The van der Waals surface area contributed by atoms with Crippen LogP contribution in [0.2, 0.25) is 0 Å². The zero-order chi connectivity index (χ0) is 13.7. The second-order valence-electron chi connectivity index (χ2n) is 3.99. The number of methoxy groups -OCH3 is 1. The molecule has 0 saturated carbocycles. The van der Waals surface area contributed by atoms with Gasteiger partial charge in [0.1, 0.15) is 11.7 Å². The molecule has 0 bridgehead atoms. The number of anilines is 1. The summed E-state index contributed by atoms with van der Waals surface area (Å²) in [5, 5.41) is 11.5. The minimum absolute atomic E-state index is 0.245. The Labute approximate surface area is 106 Å². The van der Waals surface area contributed by atoms with Gasteiger partial charge in [0.25, 0.3) is 0 Å². The van der Waals surface area contributed by atoms with Crippen LogP contribution in [-0.4, -0.2) is 24.1 Å². The van der Waals surface area contributed by atoms with Crippen molar-refractivity contribution in [3.63, 3.8) is 0 Å². The minimum Gasteiger partial charge on any atom is -0.495 e. The molecule has 0 radical (unpaired) electrons. The van der Waals surface area contributed by atoms with Gasteiger partial charge in [0.15, 0.2) is 0 Å². The number of benzene rings is 1. The van der Waals surface area contributed by atoms with E-state index in [2.05, 4.69) is 5.32 Å². The van der Waals surface area contributed by atoms with Crippen LogP contribution >= 0.6 is 0 Å². The van der Waals surface area contributed by atoms with Gasteiger partial charge in [-0.3, -0.25) is 9.59 Å². The molecule has 0 fully saturated rings. The SMILES string of the molecule is CCC(C(=O)O)C(=O)Nc1cc(C)ccc1OC. The van der Waals surface area contributed by atoms with Gasteiger partial charge in [-0.2, -0.15) is 0 Å². The molecule has 1 aromatic rings. The summed E-state index contributed by atoms with van der Waals surface area (Å²) in [6.45, 7) is 3.54. The second kappa shape index (κ2) is 6.05. The molecule has 0 aliphatic rings. The molecule has 1 aromatic carbocycles. The molecule has 0 aliphatic carbocycles. The zero-order valence-electron chi connectivity index (χ0n) is 10.7. The van der Waals surface area contributed by atoms with Gasteiger partial charge in [0, 0.05) is 0 Å². The number of aryl methyl sites for hydroxylation is 1. The number of amides is 1. The predicted molar refractivity (Wildman–Crippen MR) is 67.8 cm³/mol. The smallest absolute Gasteiger partial charge is 0.316 e. The average molecular weight is 251 g/mol. The third-order valence-corrected chi connectivity index (χ3v) is 2.64.